The van der Waals surface area contributed by atoms with Crippen LogP contribution in [0.5, 0.6) is 0 Å². The van der Waals surface area contributed by atoms with Gasteiger partial charge in [-0.25, -0.2) is 0 Å². The van der Waals surface area contributed by atoms with E-state index in [9.17, 15) is 0 Å². The Morgan fingerprint density at radius 1 is 0.700 bits per heavy atom. The van der Waals surface area contributed by atoms with Crippen molar-refractivity contribution < 1.29 is 0 Å². The summed E-state index contributed by atoms with van der Waals surface area (Å²) in [5.41, 5.74) is 2.87. The average Bonchev–Trinajstić information content (AvgIpc) is 2.43. The molecule has 0 unspecified atom stereocenters. The van der Waals surface area contributed by atoms with Gasteiger partial charge in [-0.1, -0.05) is 52.0 Å². The Balaban J connectivity index is 2.62. The molecule has 0 amide bonds. The lowest BCUT2D eigenvalue weighted by Gasteiger charge is -2.20. The van der Waals surface area contributed by atoms with Crippen LogP contribution >= 0.6 is 0 Å². The van der Waals surface area contributed by atoms with E-state index in [1.54, 1.807) is 0 Å². The molecule has 1 heteroatoms. The zero-order valence-corrected chi connectivity index (χ0v) is 12.6. The molecule has 20 heavy (non-hydrogen) atoms. The number of hydrogen-bond acceptors (Lipinski definition) is 1. The van der Waals surface area contributed by atoms with Gasteiger partial charge in [-0.2, -0.15) is 0 Å². The molecule has 0 N–H and O–H groups in total. The number of fused-ring (bicyclic) bond motifs is 2. The summed E-state index contributed by atoms with van der Waals surface area (Å²) in [6.45, 7) is 9.08. The standard InChI is InChI=1S/C19H21N/c1-12(2)18-14-7-5-6-8-15(14)19(13(3)4)17-11-20-10-9-16(17)18/h5-13H,1-4H3. The molecular weight excluding hydrogens is 242 g/mol. The summed E-state index contributed by atoms with van der Waals surface area (Å²) in [5.74, 6) is 0.999. The van der Waals surface area contributed by atoms with E-state index < -0.39 is 0 Å². The van der Waals surface area contributed by atoms with E-state index in [0.29, 0.717) is 11.8 Å². The third-order valence-electron chi connectivity index (χ3n) is 4.06. The van der Waals surface area contributed by atoms with Gasteiger partial charge >= 0.3 is 0 Å². The average molecular weight is 263 g/mol. The molecule has 2 aromatic carbocycles. The lowest BCUT2D eigenvalue weighted by molar-refractivity contribution is 0.872. The van der Waals surface area contributed by atoms with Crippen molar-refractivity contribution in [3.8, 4) is 0 Å². The first kappa shape index (κ1) is 13.1. The molecule has 1 heterocycles. The fourth-order valence-electron chi connectivity index (χ4n) is 3.33. The van der Waals surface area contributed by atoms with E-state index in [-0.39, 0.29) is 0 Å². The highest BCUT2D eigenvalue weighted by Gasteiger charge is 2.17. The molecule has 0 saturated carbocycles. The zero-order chi connectivity index (χ0) is 14.3. The van der Waals surface area contributed by atoms with Gasteiger partial charge in [0.2, 0.25) is 0 Å². The maximum atomic E-state index is 4.36. The van der Waals surface area contributed by atoms with Crippen LogP contribution < -0.4 is 0 Å². The fourth-order valence-corrected chi connectivity index (χ4v) is 3.33. The van der Waals surface area contributed by atoms with Crippen LogP contribution in [0.2, 0.25) is 0 Å². The van der Waals surface area contributed by atoms with Crippen molar-refractivity contribution >= 4 is 21.5 Å². The molecule has 3 aromatic rings. The van der Waals surface area contributed by atoms with Gasteiger partial charge in [0.25, 0.3) is 0 Å². The Morgan fingerprint density at radius 3 is 1.75 bits per heavy atom. The third-order valence-corrected chi connectivity index (χ3v) is 4.06. The SMILES string of the molecule is CC(C)c1c2ccccc2c(C(C)C)c2cnccc12. The van der Waals surface area contributed by atoms with Gasteiger partial charge in [0.15, 0.2) is 0 Å². The van der Waals surface area contributed by atoms with Crippen LogP contribution in [0.1, 0.15) is 50.7 Å². The van der Waals surface area contributed by atoms with Crippen molar-refractivity contribution in [1.82, 2.24) is 4.98 Å². The molecule has 0 aliphatic heterocycles. The van der Waals surface area contributed by atoms with Crippen molar-refractivity contribution in [2.75, 3.05) is 0 Å². The number of rotatable bonds is 2. The number of nitrogens with zero attached hydrogens (tertiary/aromatic N) is 1. The molecule has 1 aromatic heterocycles. The van der Waals surface area contributed by atoms with E-state index in [0.717, 1.165) is 0 Å². The lowest BCUT2D eigenvalue weighted by atomic mass is 9.84. The fraction of sp³-hybridized carbons (Fsp3) is 0.316. The van der Waals surface area contributed by atoms with E-state index in [2.05, 4.69) is 63.0 Å². The van der Waals surface area contributed by atoms with E-state index in [1.165, 1.54) is 32.7 Å². The minimum Gasteiger partial charge on any atom is -0.264 e. The Morgan fingerprint density at radius 2 is 1.20 bits per heavy atom. The highest BCUT2D eigenvalue weighted by atomic mass is 14.6. The van der Waals surface area contributed by atoms with Crippen LogP contribution in [0.4, 0.5) is 0 Å². The summed E-state index contributed by atoms with van der Waals surface area (Å²) >= 11 is 0. The second-order valence-corrected chi connectivity index (χ2v) is 6.10. The smallest absolute Gasteiger partial charge is 0.0349 e. The van der Waals surface area contributed by atoms with Gasteiger partial charge in [-0.3, -0.25) is 4.98 Å². The number of aromatic nitrogens is 1. The molecule has 0 atom stereocenters. The van der Waals surface area contributed by atoms with Crippen molar-refractivity contribution in [2.24, 2.45) is 0 Å². The quantitative estimate of drug-likeness (QED) is 0.546. The van der Waals surface area contributed by atoms with Crippen LogP contribution in [-0.2, 0) is 0 Å². The Hall–Kier alpha value is -1.89. The minimum atomic E-state index is 0.493. The first-order valence-electron chi connectivity index (χ1n) is 7.39. The highest BCUT2D eigenvalue weighted by Crippen LogP contribution is 2.39. The van der Waals surface area contributed by atoms with Gasteiger partial charge in [0.05, 0.1) is 0 Å². The number of pyridine rings is 1. The van der Waals surface area contributed by atoms with Gasteiger partial charge in [-0.15, -0.1) is 0 Å². The molecule has 0 bridgehead atoms. The molecular formula is C19H21N. The summed E-state index contributed by atoms with van der Waals surface area (Å²) < 4.78 is 0. The third kappa shape index (κ3) is 1.89. The predicted octanol–water partition coefficient (Wildman–Crippen LogP) is 5.63. The van der Waals surface area contributed by atoms with Crippen LogP contribution in [-0.4, -0.2) is 4.98 Å². The molecule has 102 valence electrons. The Bertz CT molecular complexity index is 646. The van der Waals surface area contributed by atoms with Crippen molar-refractivity contribution in [3.63, 3.8) is 0 Å². The topological polar surface area (TPSA) is 12.9 Å². The largest absolute Gasteiger partial charge is 0.264 e. The van der Waals surface area contributed by atoms with Crippen LogP contribution in [0.3, 0.4) is 0 Å². The lowest BCUT2D eigenvalue weighted by Crippen LogP contribution is -1.99. The molecule has 0 spiro atoms. The monoisotopic (exact) mass is 263 g/mol. The first-order valence-corrected chi connectivity index (χ1v) is 7.39. The van der Waals surface area contributed by atoms with E-state index >= 15 is 0 Å². The molecule has 0 saturated heterocycles. The maximum absolute atomic E-state index is 4.36. The Kier molecular flexibility index (Phi) is 3.21. The van der Waals surface area contributed by atoms with Gasteiger partial charge < -0.3 is 0 Å². The van der Waals surface area contributed by atoms with E-state index in [1.807, 2.05) is 12.4 Å². The summed E-state index contributed by atoms with van der Waals surface area (Å²) in [6, 6.07) is 11.0. The van der Waals surface area contributed by atoms with Gasteiger partial charge in [0, 0.05) is 17.8 Å². The van der Waals surface area contributed by atoms with Crippen LogP contribution in [0, 0.1) is 0 Å². The minimum absolute atomic E-state index is 0.493. The molecule has 3 rings (SSSR count). The second-order valence-electron chi connectivity index (χ2n) is 6.10. The van der Waals surface area contributed by atoms with E-state index in [4.69, 9.17) is 0 Å². The molecule has 1 nitrogen and oxygen atoms in total. The normalized spacial score (nSPS) is 11.9. The summed E-state index contributed by atoms with van der Waals surface area (Å²) in [6.07, 6.45) is 3.94. The first-order chi connectivity index (χ1) is 9.61. The molecule has 0 fully saturated rings. The van der Waals surface area contributed by atoms with Crippen molar-refractivity contribution in [1.29, 1.82) is 0 Å². The maximum Gasteiger partial charge on any atom is 0.0349 e. The zero-order valence-electron chi connectivity index (χ0n) is 12.6. The summed E-state index contributed by atoms with van der Waals surface area (Å²) in [7, 11) is 0. The second kappa shape index (κ2) is 4.90. The Labute approximate surface area is 120 Å². The van der Waals surface area contributed by atoms with Crippen molar-refractivity contribution in [3.05, 3.63) is 53.9 Å². The van der Waals surface area contributed by atoms with Gasteiger partial charge in [0.1, 0.15) is 0 Å². The molecule has 0 aliphatic rings. The number of hydrogen-bond donors (Lipinski definition) is 0. The highest BCUT2D eigenvalue weighted by molar-refractivity contribution is 6.06. The van der Waals surface area contributed by atoms with Gasteiger partial charge in [-0.05, 0) is 45.2 Å². The van der Waals surface area contributed by atoms with Crippen LogP contribution in [0.25, 0.3) is 21.5 Å². The molecule has 0 aliphatic carbocycles. The number of benzene rings is 2. The summed E-state index contributed by atoms with van der Waals surface area (Å²) in [4.78, 5) is 4.36. The molecule has 0 radical (unpaired) electrons. The van der Waals surface area contributed by atoms with Crippen molar-refractivity contribution in [2.45, 2.75) is 39.5 Å². The summed E-state index contributed by atoms with van der Waals surface area (Å²) in [5, 5.41) is 5.44. The predicted molar refractivity (Wildman–Crippen MR) is 87.4 cm³/mol. The van der Waals surface area contributed by atoms with Crippen LogP contribution in [0.15, 0.2) is 42.7 Å².